The predicted molar refractivity (Wildman–Crippen MR) is 34.6 cm³/mol. The van der Waals surface area contributed by atoms with Crippen molar-refractivity contribution in [3.05, 3.63) is 43.8 Å². The first-order chi connectivity index (χ1) is 3.89. The molecule has 0 aliphatic carbocycles. The molecule has 0 aromatic carbocycles. The molecule has 0 amide bonds. The van der Waals surface area contributed by atoms with Gasteiger partial charge in [0, 0.05) is 19.4 Å². The topological polar surface area (TPSA) is 3.24 Å². The van der Waals surface area contributed by atoms with Crippen LogP contribution in [0.5, 0.6) is 0 Å². The molecule has 1 heterocycles. The lowest BCUT2D eigenvalue weighted by atomic mass is 10.5. The number of rotatable bonds is 0. The summed E-state index contributed by atoms with van der Waals surface area (Å²) in [4.78, 5) is 1.75. The van der Waals surface area contributed by atoms with Crippen molar-refractivity contribution < 1.29 is 0 Å². The van der Waals surface area contributed by atoms with Gasteiger partial charge in [-0.1, -0.05) is 12.2 Å². The van der Waals surface area contributed by atoms with E-state index in [1.807, 2.05) is 36.7 Å². The maximum atomic E-state index is 3.68. The molecule has 0 spiro atoms. The Kier molecular flexibility index (Phi) is 1.52. The third-order valence-corrected chi connectivity index (χ3v) is 0.888. The average molecular weight is 106 g/mol. The molecular weight excluding hydrogens is 98.1 g/mol. The first kappa shape index (κ1) is 5.16. The lowest BCUT2D eigenvalue weighted by Crippen LogP contribution is -1.93. The van der Waals surface area contributed by atoms with Gasteiger partial charge in [0.05, 0.1) is 0 Å². The zero-order chi connectivity index (χ0) is 5.82. The van der Waals surface area contributed by atoms with Crippen LogP contribution in [0.2, 0.25) is 0 Å². The molecule has 0 saturated heterocycles. The number of hydrogen-bond donors (Lipinski definition) is 0. The predicted octanol–water partition coefficient (Wildman–Crippen LogP) is 1.68. The first-order valence-electron chi connectivity index (χ1n) is 2.50. The molecule has 1 nitrogen and oxygen atoms in total. The van der Waals surface area contributed by atoms with E-state index in [4.69, 9.17) is 0 Å². The number of allylic oxidation sites excluding steroid dienone is 4. The van der Waals surface area contributed by atoms with Gasteiger partial charge in [-0.3, -0.25) is 0 Å². The van der Waals surface area contributed by atoms with Crippen LogP contribution in [0.4, 0.5) is 0 Å². The summed E-state index contributed by atoms with van der Waals surface area (Å²) >= 11 is 0. The second kappa shape index (κ2) is 2.36. The van der Waals surface area contributed by atoms with Crippen LogP contribution in [0.1, 0.15) is 0 Å². The van der Waals surface area contributed by atoms with E-state index in [2.05, 4.69) is 7.05 Å². The van der Waals surface area contributed by atoms with Crippen LogP contribution < -0.4 is 0 Å². The molecule has 1 heteroatoms. The normalized spacial score (nSPS) is 16.9. The Labute approximate surface area is 49.6 Å². The Hall–Kier alpha value is -0.980. The third-order valence-electron chi connectivity index (χ3n) is 0.888. The van der Waals surface area contributed by atoms with Crippen molar-refractivity contribution in [1.82, 2.24) is 4.90 Å². The van der Waals surface area contributed by atoms with Crippen molar-refractivity contribution >= 4 is 0 Å². The lowest BCUT2D eigenvalue weighted by molar-refractivity contribution is 0.688. The standard InChI is InChI=1S/C7H8N/c1-8-6-4-2-3-5-7-8/h2-7H,1H2. The summed E-state index contributed by atoms with van der Waals surface area (Å²) in [5, 5.41) is 0. The summed E-state index contributed by atoms with van der Waals surface area (Å²) in [6.07, 6.45) is 11.6. The Balaban J connectivity index is 2.66. The average Bonchev–Trinajstić information content (AvgIpc) is 1.94. The van der Waals surface area contributed by atoms with E-state index in [1.165, 1.54) is 0 Å². The van der Waals surface area contributed by atoms with Crippen molar-refractivity contribution in [2.75, 3.05) is 0 Å². The summed E-state index contributed by atoms with van der Waals surface area (Å²) in [6.45, 7) is 0. The van der Waals surface area contributed by atoms with Gasteiger partial charge in [-0.2, -0.15) is 0 Å². The van der Waals surface area contributed by atoms with E-state index in [9.17, 15) is 0 Å². The van der Waals surface area contributed by atoms with E-state index < -0.39 is 0 Å². The molecule has 0 unspecified atom stereocenters. The molecule has 8 heavy (non-hydrogen) atoms. The van der Waals surface area contributed by atoms with Crippen LogP contribution in [0.3, 0.4) is 0 Å². The van der Waals surface area contributed by atoms with Crippen LogP contribution in [0.15, 0.2) is 36.7 Å². The fourth-order valence-electron chi connectivity index (χ4n) is 0.498. The lowest BCUT2D eigenvalue weighted by Gasteiger charge is -2.01. The highest BCUT2D eigenvalue weighted by Gasteiger charge is 1.80. The molecule has 0 fully saturated rings. The SMILES string of the molecule is [CH2]N1C=CC=CC=C1. The zero-order valence-electron chi connectivity index (χ0n) is 4.62. The second-order valence-electron chi connectivity index (χ2n) is 1.58. The minimum Gasteiger partial charge on any atom is -0.352 e. The van der Waals surface area contributed by atoms with E-state index in [-0.39, 0.29) is 0 Å². The molecule has 1 rings (SSSR count). The molecule has 1 radical (unpaired) electrons. The molecule has 0 aromatic rings. The van der Waals surface area contributed by atoms with E-state index in [1.54, 1.807) is 4.90 Å². The molecular formula is C7H8N. The summed E-state index contributed by atoms with van der Waals surface area (Å²) in [5.41, 5.74) is 0. The van der Waals surface area contributed by atoms with Gasteiger partial charge in [0.2, 0.25) is 0 Å². The minimum absolute atomic E-state index is 1.75. The maximum Gasteiger partial charge on any atom is 0.0399 e. The van der Waals surface area contributed by atoms with Crippen molar-refractivity contribution in [1.29, 1.82) is 0 Å². The summed E-state index contributed by atoms with van der Waals surface area (Å²) in [6, 6.07) is 0. The molecule has 1 aliphatic rings. The highest BCUT2D eigenvalue weighted by Crippen LogP contribution is 1.93. The molecule has 0 N–H and O–H groups in total. The summed E-state index contributed by atoms with van der Waals surface area (Å²) in [5.74, 6) is 0. The smallest absolute Gasteiger partial charge is 0.0399 e. The zero-order valence-corrected chi connectivity index (χ0v) is 4.62. The van der Waals surface area contributed by atoms with Gasteiger partial charge in [0.25, 0.3) is 0 Å². The van der Waals surface area contributed by atoms with Gasteiger partial charge in [-0.05, 0) is 12.2 Å². The van der Waals surface area contributed by atoms with E-state index in [0.29, 0.717) is 0 Å². The van der Waals surface area contributed by atoms with Gasteiger partial charge >= 0.3 is 0 Å². The van der Waals surface area contributed by atoms with Crippen LogP contribution in [-0.4, -0.2) is 4.90 Å². The minimum atomic E-state index is 1.75. The van der Waals surface area contributed by atoms with Gasteiger partial charge in [-0.25, -0.2) is 0 Å². The van der Waals surface area contributed by atoms with Crippen LogP contribution >= 0.6 is 0 Å². The molecule has 0 saturated carbocycles. The Bertz CT molecular complexity index is 126. The Morgan fingerprint density at radius 2 is 1.38 bits per heavy atom. The van der Waals surface area contributed by atoms with Gasteiger partial charge in [0.15, 0.2) is 0 Å². The molecule has 0 aromatic heterocycles. The highest BCUT2D eigenvalue weighted by molar-refractivity contribution is 5.15. The van der Waals surface area contributed by atoms with Crippen LogP contribution in [0, 0.1) is 7.05 Å². The first-order valence-corrected chi connectivity index (χ1v) is 2.50. The summed E-state index contributed by atoms with van der Waals surface area (Å²) < 4.78 is 0. The Morgan fingerprint density at radius 3 is 1.88 bits per heavy atom. The molecule has 0 bridgehead atoms. The van der Waals surface area contributed by atoms with Crippen LogP contribution in [-0.2, 0) is 0 Å². The number of nitrogens with zero attached hydrogens (tertiary/aromatic N) is 1. The van der Waals surface area contributed by atoms with E-state index in [0.717, 1.165) is 0 Å². The monoisotopic (exact) mass is 106 g/mol. The molecule has 41 valence electrons. The highest BCUT2D eigenvalue weighted by atomic mass is 15.0. The van der Waals surface area contributed by atoms with E-state index >= 15 is 0 Å². The van der Waals surface area contributed by atoms with Crippen molar-refractivity contribution in [2.45, 2.75) is 0 Å². The molecule has 1 aliphatic heterocycles. The quantitative estimate of drug-likeness (QED) is 0.454. The van der Waals surface area contributed by atoms with Crippen molar-refractivity contribution in [3.8, 4) is 0 Å². The van der Waals surface area contributed by atoms with Crippen LogP contribution in [0.25, 0.3) is 0 Å². The number of hydrogen-bond acceptors (Lipinski definition) is 1. The van der Waals surface area contributed by atoms with Gasteiger partial charge in [0.1, 0.15) is 0 Å². The Morgan fingerprint density at radius 1 is 0.875 bits per heavy atom. The molecule has 0 atom stereocenters. The second-order valence-corrected chi connectivity index (χ2v) is 1.58. The fraction of sp³-hybridized carbons (Fsp3) is 0. The van der Waals surface area contributed by atoms with Crippen molar-refractivity contribution in [3.63, 3.8) is 0 Å². The van der Waals surface area contributed by atoms with Gasteiger partial charge in [-0.15, -0.1) is 0 Å². The largest absolute Gasteiger partial charge is 0.352 e. The summed E-state index contributed by atoms with van der Waals surface area (Å²) in [7, 11) is 3.68. The fourth-order valence-corrected chi connectivity index (χ4v) is 0.498. The van der Waals surface area contributed by atoms with Crippen molar-refractivity contribution in [2.24, 2.45) is 0 Å². The third kappa shape index (κ3) is 1.26. The van der Waals surface area contributed by atoms with Gasteiger partial charge < -0.3 is 4.90 Å². The maximum absolute atomic E-state index is 3.68.